The molecule has 0 aliphatic heterocycles. The largest absolute Gasteiger partial charge is 0.507 e. The molecule has 2 N–H and O–H groups in total. The highest BCUT2D eigenvalue weighted by Crippen LogP contribution is 2.44. The van der Waals surface area contributed by atoms with E-state index >= 15 is 0 Å². The number of fused-ring (bicyclic) bond motifs is 2. The van der Waals surface area contributed by atoms with Gasteiger partial charge in [0, 0.05) is 23.2 Å². The van der Waals surface area contributed by atoms with Crippen molar-refractivity contribution in [3.8, 4) is 17.2 Å². The molecule has 0 unspecified atom stereocenters. The van der Waals surface area contributed by atoms with E-state index in [-0.39, 0.29) is 34.5 Å². The van der Waals surface area contributed by atoms with E-state index in [1.165, 1.54) is 11.6 Å². The quantitative estimate of drug-likeness (QED) is 0.441. The molecule has 4 rings (SSSR count). The average Bonchev–Trinajstić information content (AvgIpc) is 2.74. The van der Waals surface area contributed by atoms with Crippen LogP contribution in [0.2, 0.25) is 0 Å². The second-order valence-corrected chi connectivity index (χ2v) is 7.62. The van der Waals surface area contributed by atoms with Crippen LogP contribution < -0.4 is 10.1 Å². The Labute approximate surface area is 175 Å². The summed E-state index contributed by atoms with van der Waals surface area (Å²) in [4.78, 5) is 26.4. The summed E-state index contributed by atoms with van der Waals surface area (Å²) in [7, 11) is 0. The van der Waals surface area contributed by atoms with E-state index in [2.05, 4.69) is 12.2 Å². The van der Waals surface area contributed by atoms with Gasteiger partial charge in [-0.15, -0.1) is 0 Å². The average molecular weight is 401 g/mol. The first kappa shape index (κ1) is 19.7. The number of ketones is 2. The third kappa shape index (κ3) is 3.32. The molecule has 3 aromatic carbocycles. The van der Waals surface area contributed by atoms with Gasteiger partial charge in [-0.2, -0.15) is 0 Å². The Hall–Kier alpha value is -3.60. The lowest BCUT2D eigenvalue weighted by Crippen LogP contribution is -2.24. The van der Waals surface area contributed by atoms with Crippen LogP contribution in [0.4, 0.5) is 5.69 Å². The summed E-state index contributed by atoms with van der Waals surface area (Å²) in [6.45, 7) is 5.94. The molecular weight excluding hydrogens is 378 g/mol. The fourth-order valence-electron chi connectivity index (χ4n) is 3.68. The molecule has 0 radical (unpaired) electrons. The molecule has 30 heavy (non-hydrogen) atoms. The van der Waals surface area contributed by atoms with Crippen molar-refractivity contribution in [1.82, 2.24) is 0 Å². The number of carbonyl (C=O) groups excluding carboxylic acids is 2. The van der Waals surface area contributed by atoms with Crippen molar-refractivity contribution < 1.29 is 19.4 Å². The summed E-state index contributed by atoms with van der Waals surface area (Å²) in [5.41, 5.74) is 2.36. The van der Waals surface area contributed by atoms with Gasteiger partial charge in [-0.1, -0.05) is 43.3 Å². The number of rotatable bonds is 5. The third-order valence-corrected chi connectivity index (χ3v) is 5.13. The summed E-state index contributed by atoms with van der Waals surface area (Å²) in [5, 5.41) is 13.9. The second-order valence-electron chi connectivity index (χ2n) is 7.62. The van der Waals surface area contributed by atoms with Crippen LogP contribution in [0.5, 0.6) is 17.2 Å². The summed E-state index contributed by atoms with van der Waals surface area (Å²) < 4.78 is 6.04. The van der Waals surface area contributed by atoms with Gasteiger partial charge < -0.3 is 15.2 Å². The zero-order valence-electron chi connectivity index (χ0n) is 17.2. The first-order chi connectivity index (χ1) is 14.4. The predicted octanol–water partition coefficient (Wildman–Crippen LogP) is 5.34. The van der Waals surface area contributed by atoms with Gasteiger partial charge in [-0.25, -0.2) is 0 Å². The summed E-state index contributed by atoms with van der Waals surface area (Å²) >= 11 is 0. The first-order valence-corrected chi connectivity index (χ1v) is 10.0. The molecule has 0 amide bonds. The number of nitrogens with one attached hydrogen (secondary N) is 1. The Balaban J connectivity index is 1.89. The van der Waals surface area contributed by atoms with Crippen molar-refractivity contribution in [2.24, 2.45) is 0 Å². The Morgan fingerprint density at radius 3 is 2.10 bits per heavy atom. The topological polar surface area (TPSA) is 75.6 Å². The van der Waals surface area contributed by atoms with E-state index in [0.29, 0.717) is 28.3 Å². The fraction of sp³-hybridized carbons (Fsp3) is 0.200. The zero-order chi connectivity index (χ0) is 21.4. The molecule has 1 aliphatic rings. The maximum Gasteiger partial charge on any atom is 0.198 e. The lowest BCUT2D eigenvalue weighted by molar-refractivity contribution is 0.0977. The van der Waals surface area contributed by atoms with Crippen molar-refractivity contribution in [1.29, 1.82) is 0 Å². The monoisotopic (exact) mass is 401 g/mol. The van der Waals surface area contributed by atoms with E-state index in [1.807, 2.05) is 38.1 Å². The number of phenolic OH excluding ortho intramolecular Hbond substituents is 1. The van der Waals surface area contributed by atoms with Crippen LogP contribution in [0.1, 0.15) is 58.2 Å². The number of hydrogen-bond donors (Lipinski definition) is 2. The van der Waals surface area contributed by atoms with Crippen molar-refractivity contribution in [2.75, 3.05) is 5.32 Å². The van der Waals surface area contributed by atoms with Crippen LogP contribution in [-0.4, -0.2) is 22.7 Å². The van der Waals surface area contributed by atoms with E-state index in [1.54, 1.807) is 24.3 Å². The Morgan fingerprint density at radius 1 is 0.933 bits per heavy atom. The summed E-state index contributed by atoms with van der Waals surface area (Å²) in [5.74, 6) is -0.0841. The highest BCUT2D eigenvalue weighted by Gasteiger charge is 2.36. The number of aryl methyl sites for hydroxylation is 1. The number of anilines is 1. The minimum atomic E-state index is -0.372. The van der Waals surface area contributed by atoms with Crippen LogP contribution in [-0.2, 0) is 6.42 Å². The molecule has 5 heteroatoms. The van der Waals surface area contributed by atoms with Gasteiger partial charge in [0.25, 0.3) is 0 Å². The smallest absolute Gasteiger partial charge is 0.198 e. The van der Waals surface area contributed by atoms with E-state index in [4.69, 9.17) is 4.74 Å². The van der Waals surface area contributed by atoms with Crippen molar-refractivity contribution >= 4 is 17.3 Å². The SMILES string of the molecule is CCc1ccc(Oc2cc(O)c3c(c2NC(C)C)C(=O)c2ccccc2C3=O)cc1. The zero-order valence-corrected chi connectivity index (χ0v) is 17.2. The molecule has 0 spiro atoms. The molecular formula is C25H23NO4. The number of aromatic hydroxyl groups is 1. The van der Waals surface area contributed by atoms with Crippen LogP contribution in [0.15, 0.2) is 54.6 Å². The van der Waals surface area contributed by atoms with Gasteiger partial charge in [0.05, 0.1) is 16.8 Å². The molecule has 0 atom stereocenters. The minimum absolute atomic E-state index is 0.00975. The van der Waals surface area contributed by atoms with Crippen molar-refractivity contribution in [2.45, 2.75) is 33.2 Å². The lowest BCUT2D eigenvalue weighted by Gasteiger charge is -2.25. The number of carbonyl (C=O) groups is 2. The molecule has 0 bridgehead atoms. The van der Waals surface area contributed by atoms with E-state index in [0.717, 1.165) is 6.42 Å². The maximum atomic E-state index is 13.3. The molecule has 1 aliphatic carbocycles. The number of hydrogen-bond acceptors (Lipinski definition) is 5. The molecule has 5 nitrogen and oxygen atoms in total. The predicted molar refractivity (Wildman–Crippen MR) is 116 cm³/mol. The highest BCUT2D eigenvalue weighted by atomic mass is 16.5. The molecule has 0 saturated carbocycles. The molecule has 152 valence electrons. The number of phenols is 1. The van der Waals surface area contributed by atoms with Gasteiger partial charge in [0.15, 0.2) is 17.3 Å². The Kier molecular flexibility index (Phi) is 5.04. The third-order valence-electron chi connectivity index (χ3n) is 5.13. The van der Waals surface area contributed by atoms with Gasteiger partial charge in [-0.05, 0) is 38.0 Å². The standard InChI is InChI=1S/C25H23NO4/c1-4-15-9-11-16(12-10-15)30-20-13-19(27)21-22(23(20)26-14(2)3)25(29)18-8-6-5-7-17(18)24(21)28/h5-14,26-27H,4H2,1-3H3. The molecule has 0 aromatic heterocycles. The fourth-order valence-corrected chi connectivity index (χ4v) is 3.68. The van der Waals surface area contributed by atoms with Crippen LogP contribution in [0.3, 0.4) is 0 Å². The summed E-state index contributed by atoms with van der Waals surface area (Å²) in [6.07, 6.45) is 0.913. The maximum absolute atomic E-state index is 13.3. The van der Waals surface area contributed by atoms with E-state index < -0.39 is 0 Å². The number of benzene rings is 3. The van der Waals surface area contributed by atoms with Crippen LogP contribution in [0.25, 0.3) is 0 Å². The van der Waals surface area contributed by atoms with Crippen molar-refractivity contribution in [3.05, 3.63) is 82.4 Å². The highest BCUT2D eigenvalue weighted by molar-refractivity contribution is 6.31. The van der Waals surface area contributed by atoms with Gasteiger partial charge in [0.1, 0.15) is 11.5 Å². The first-order valence-electron chi connectivity index (χ1n) is 10.0. The Bertz CT molecular complexity index is 1150. The second kappa shape index (κ2) is 7.67. The van der Waals surface area contributed by atoms with Crippen LogP contribution in [0, 0.1) is 0 Å². The Morgan fingerprint density at radius 2 is 1.53 bits per heavy atom. The van der Waals surface area contributed by atoms with Gasteiger partial charge >= 0.3 is 0 Å². The van der Waals surface area contributed by atoms with Gasteiger partial charge in [-0.3, -0.25) is 9.59 Å². The summed E-state index contributed by atoms with van der Waals surface area (Å²) in [6, 6.07) is 15.7. The molecule has 0 fully saturated rings. The molecule has 0 saturated heterocycles. The number of ether oxygens (including phenoxy) is 1. The minimum Gasteiger partial charge on any atom is -0.507 e. The molecule has 0 heterocycles. The molecule has 3 aromatic rings. The van der Waals surface area contributed by atoms with Crippen molar-refractivity contribution in [3.63, 3.8) is 0 Å². The normalized spacial score (nSPS) is 12.5. The van der Waals surface area contributed by atoms with Gasteiger partial charge in [0.2, 0.25) is 0 Å². The van der Waals surface area contributed by atoms with E-state index in [9.17, 15) is 14.7 Å². The lowest BCUT2D eigenvalue weighted by atomic mass is 9.82. The van der Waals surface area contributed by atoms with Crippen LogP contribution >= 0.6 is 0 Å².